The number of anilines is 1. The van der Waals surface area contributed by atoms with Gasteiger partial charge in [-0.25, -0.2) is 4.21 Å². The van der Waals surface area contributed by atoms with Gasteiger partial charge in [0.05, 0.1) is 10.5 Å². The van der Waals surface area contributed by atoms with Crippen molar-refractivity contribution in [2.45, 2.75) is 0 Å². The van der Waals surface area contributed by atoms with E-state index in [4.69, 9.17) is 16.2 Å². The van der Waals surface area contributed by atoms with E-state index in [2.05, 4.69) is 9.71 Å². The van der Waals surface area contributed by atoms with E-state index in [1.54, 1.807) is 30.3 Å². The van der Waals surface area contributed by atoms with Crippen molar-refractivity contribution in [2.75, 3.05) is 4.72 Å². The molecular formula is C14H9ClN2O3S. The van der Waals surface area contributed by atoms with E-state index >= 15 is 0 Å². The fraction of sp³-hybridized carbons (Fsp3) is 0. The van der Waals surface area contributed by atoms with Gasteiger partial charge in [0, 0.05) is 22.7 Å². The van der Waals surface area contributed by atoms with Gasteiger partial charge in [-0.2, -0.15) is 0 Å². The Morgan fingerprint density at radius 2 is 1.90 bits per heavy atom. The van der Waals surface area contributed by atoms with Gasteiger partial charge in [0.2, 0.25) is 0 Å². The van der Waals surface area contributed by atoms with E-state index in [-0.39, 0.29) is 5.43 Å². The number of nitrogens with one attached hydrogen (secondary N) is 1. The maximum Gasteiger partial charge on any atom is 0.259 e. The van der Waals surface area contributed by atoms with Crippen molar-refractivity contribution in [3.63, 3.8) is 0 Å². The SMILES string of the molecule is O=c1c2cc(NS(=O)O)ccc2ccc2ncc(Cl)cc12. The summed E-state index contributed by atoms with van der Waals surface area (Å²) < 4.78 is 22.0. The second kappa shape index (κ2) is 5.40. The number of benzene rings is 1. The second-order valence-corrected chi connectivity index (χ2v) is 5.54. The summed E-state index contributed by atoms with van der Waals surface area (Å²) in [5, 5.41) is 1.91. The van der Waals surface area contributed by atoms with Crippen molar-refractivity contribution in [1.29, 1.82) is 0 Å². The van der Waals surface area contributed by atoms with Crippen LogP contribution in [-0.2, 0) is 11.3 Å². The number of halogens is 1. The van der Waals surface area contributed by atoms with Crippen LogP contribution in [0.4, 0.5) is 5.69 Å². The van der Waals surface area contributed by atoms with E-state index in [9.17, 15) is 9.00 Å². The van der Waals surface area contributed by atoms with E-state index < -0.39 is 11.3 Å². The van der Waals surface area contributed by atoms with Crippen LogP contribution < -0.4 is 10.2 Å². The molecule has 106 valence electrons. The molecule has 21 heavy (non-hydrogen) atoms. The monoisotopic (exact) mass is 320 g/mol. The van der Waals surface area contributed by atoms with Gasteiger partial charge in [-0.1, -0.05) is 23.7 Å². The van der Waals surface area contributed by atoms with Crippen LogP contribution >= 0.6 is 11.6 Å². The zero-order valence-electron chi connectivity index (χ0n) is 10.5. The number of hydrogen-bond donors (Lipinski definition) is 2. The van der Waals surface area contributed by atoms with Crippen molar-refractivity contribution in [2.24, 2.45) is 0 Å². The number of nitrogens with zero attached hydrogens (tertiary/aromatic N) is 1. The number of rotatable bonds is 2. The summed E-state index contributed by atoms with van der Waals surface area (Å²) in [4.78, 5) is 16.8. The van der Waals surface area contributed by atoms with Crippen molar-refractivity contribution in [3.8, 4) is 0 Å². The molecule has 0 aliphatic carbocycles. The third-order valence-corrected chi connectivity index (χ3v) is 3.67. The number of fused-ring (bicyclic) bond motifs is 2. The molecular weight excluding hydrogens is 312 g/mol. The fourth-order valence-corrected chi connectivity index (χ4v) is 2.63. The molecule has 0 saturated heterocycles. The zero-order valence-corrected chi connectivity index (χ0v) is 12.1. The molecule has 2 N–H and O–H groups in total. The van der Waals surface area contributed by atoms with Gasteiger partial charge >= 0.3 is 0 Å². The van der Waals surface area contributed by atoms with Crippen LogP contribution in [0.15, 0.2) is 47.4 Å². The van der Waals surface area contributed by atoms with E-state index in [0.717, 1.165) is 0 Å². The fourth-order valence-electron chi connectivity index (χ4n) is 2.14. The van der Waals surface area contributed by atoms with Gasteiger partial charge in [-0.3, -0.25) is 19.1 Å². The summed E-state index contributed by atoms with van der Waals surface area (Å²) >= 11 is 3.70. The minimum Gasteiger partial charge on any atom is -0.289 e. The van der Waals surface area contributed by atoms with Gasteiger partial charge in [0.25, 0.3) is 11.3 Å². The normalized spacial score (nSPS) is 12.5. The highest BCUT2D eigenvalue weighted by atomic mass is 35.5. The Balaban J connectivity index is 2.40. The lowest BCUT2D eigenvalue weighted by molar-refractivity contribution is 0.570. The van der Waals surface area contributed by atoms with Crippen LogP contribution in [0.3, 0.4) is 0 Å². The largest absolute Gasteiger partial charge is 0.289 e. The van der Waals surface area contributed by atoms with E-state index in [1.807, 2.05) is 0 Å². The Labute approximate surface area is 127 Å². The summed E-state index contributed by atoms with van der Waals surface area (Å²) in [5.41, 5.74) is 0.697. The highest BCUT2D eigenvalue weighted by Crippen LogP contribution is 2.20. The molecule has 0 saturated carbocycles. The topological polar surface area (TPSA) is 79.3 Å². The Hall–Kier alpha value is -2.02. The van der Waals surface area contributed by atoms with E-state index in [1.165, 1.54) is 12.3 Å². The minimum atomic E-state index is -2.19. The molecule has 0 aliphatic heterocycles. The first-order valence-corrected chi connectivity index (χ1v) is 7.43. The molecule has 5 nitrogen and oxygen atoms in total. The Morgan fingerprint density at radius 1 is 1.14 bits per heavy atom. The van der Waals surface area contributed by atoms with Gasteiger partial charge < -0.3 is 0 Å². The number of aromatic nitrogens is 1. The third-order valence-electron chi connectivity index (χ3n) is 3.05. The van der Waals surface area contributed by atoms with Crippen LogP contribution in [0, 0.1) is 0 Å². The van der Waals surface area contributed by atoms with Gasteiger partial charge in [-0.05, 0) is 29.7 Å². The van der Waals surface area contributed by atoms with Crippen LogP contribution in [0.2, 0.25) is 5.02 Å². The predicted octanol–water partition coefficient (Wildman–Crippen LogP) is 2.95. The van der Waals surface area contributed by atoms with Crippen LogP contribution in [0.25, 0.3) is 21.7 Å². The molecule has 0 radical (unpaired) electrons. The first-order chi connectivity index (χ1) is 10.0. The Morgan fingerprint density at radius 3 is 2.67 bits per heavy atom. The molecule has 0 bridgehead atoms. The van der Waals surface area contributed by atoms with Crippen molar-refractivity contribution < 1.29 is 8.76 Å². The first kappa shape index (κ1) is 13.9. The third kappa shape index (κ3) is 2.73. The molecule has 0 fully saturated rings. The molecule has 7 heteroatoms. The molecule has 1 unspecified atom stereocenters. The van der Waals surface area contributed by atoms with Crippen molar-refractivity contribution in [1.82, 2.24) is 4.98 Å². The Kier molecular flexibility index (Phi) is 3.59. The van der Waals surface area contributed by atoms with Gasteiger partial charge in [0.1, 0.15) is 0 Å². The lowest BCUT2D eigenvalue weighted by atomic mass is 10.1. The molecule has 2 aromatic carbocycles. The minimum absolute atomic E-state index is 0.229. The molecule has 3 rings (SSSR count). The van der Waals surface area contributed by atoms with Crippen molar-refractivity contribution in [3.05, 3.63) is 57.8 Å². The molecule has 1 heterocycles. The standard InChI is InChI=1S/C14H9ClN2O3S/c15-9-5-12-13(16-7-9)4-2-8-1-3-10(17-21(19)20)6-11(8)14(12)18/h1-7,17H,(H,19,20). The summed E-state index contributed by atoms with van der Waals surface area (Å²) in [6.45, 7) is 0. The average molecular weight is 321 g/mol. The summed E-state index contributed by atoms with van der Waals surface area (Å²) in [5.74, 6) is 0. The quantitative estimate of drug-likeness (QED) is 0.711. The molecule has 0 aliphatic rings. The molecule has 1 aromatic heterocycles. The number of hydrogen-bond acceptors (Lipinski definition) is 3. The summed E-state index contributed by atoms with van der Waals surface area (Å²) in [6, 6.07) is 9.95. The molecule has 0 amide bonds. The lowest BCUT2D eigenvalue weighted by Crippen LogP contribution is -2.03. The average Bonchev–Trinajstić information content (AvgIpc) is 2.57. The Bertz CT molecular complexity index is 946. The maximum absolute atomic E-state index is 12.6. The van der Waals surface area contributed by atoms with Crippen LogP contribution in [0.5, 0.6) is 0 Å². The number of pyridine rings is 1. The second-order valence-electron chi connectivity index (χ2n) is 4.40. The molecule has 0 spiro atoms. The lowest BCUT2D eigenvalue weighted by Gasteiger charge is -2.01. The zero-order chi connectivity index (χ0) is 15.0. The summed E-state index contributed by atoms with van der Waals surface area (Å²) in [7, 11) is 0. The van der Waals surface area contributed by atoms with Gasteiger partial charge in [0.15, 0.2) is 5.43 Å². The molecule has 1 atom stereocenters. The molecule has 3 aromatic rings. The summed E-state index contributed by atoms with van der Waals surface area (Å²) in [6.07, 6.45) is 1.48. The van der Waals surface area contributed by atoms with E-state index in [0.29, 0.717) is 32.4 Å². The highest BCUT2D eigenvalue weighted by molar-refractivity contribution is 7.80. The van der Waals surface area contributed by atoms with Gasteiger partial charge in [-0.15, -0.1) is 0 Å². The highest BCUT2D eigenvalue weighted by Gasteiger charge is 2.06. The van der Waals surface area contributed by atoms with Crippen molar-refractivity contribution >= 4 is 50.2 Å². The van der Waals surface area contributed by atoms with Crippen LogP contribution in [-0.4, -0.2) is 13.7 Å². The maximum atomic E-state index is 12.6. The predicted molar refractivity (Wildman–Crippen MR) is 84.9 cm³/mol. The van der Waals surface area contributed by atoms with Crippen LogP contribution in [0.1, 0.15) is 0 Å². The smallest absolute Gasteiger partial charge is 0.259 e. The first-order valence-electron chi connectivity index (χ1n) is 5.94.